The minimum atomic E-state index is 0.123. The van der Waals surface area contributed by atoms with Crippen molar-refractivity contribution in [3.8, 4) is 0 Å². The first kappa shape index (κ1) is 24.6. The van der Waals surface area contributed by atoms with E-state index in [1.165, 1.54) is 25.7 Å². The zero-order valence-corrected chi connectivity index (χ0v) is 20.7. The standard InChI is InChI=1S/C27H43N3O2/c1-21(20-27(2,3)4)19-26(32)30-17-15-29(16-18-30)24-12-10-23(11-13-24)28-25(31)14-9-22-7-5-6-8-22/h10-13,21-22H,5-9,14-20H2,1-4H3,(H,28,31)/t21-/m0/s1. The summed E-state index contributed by atoms with van der Waals surface area (Å²) in [5, 5.41) is 3.04. The summed E-state index contributed by atoms with van der Waals surface area (Å²) in [5.41, 5.74) is 2.29. The Balaban J connectivity index is 1.40. The van der Waals surface area contributed by atoms with Crippen LogP contribution < -0.4 is 10.2 Å². The summed E-state index contributed by atoms with van der Waals surface area (Å²) in [4.78, 5) is 29.3. The molecule has 5 nitrogen and oxygen atoms in total. The number of hydrogen-bond donors (Lipinski definition) is 1. The van der Waals surface area contributed by atoms with Crippen LogP contribution in [0.1, 0.15) is 79.1 Å². The van der Waals surface area contributed by atoms with E-state index in [-0.39, 0.29) is 17.2 Å². The van der Waals surface area contributed by atoms with Gasteiger partial charge in [-0.2, -0.15) is 0 Å². The molecule has 0 bridgehead atoms. The predicted molar refractivity (Wildman–Crippen MR) is 133 cm³/mol. The van der Waals surface area contributed by atoms with Gasteiger partial charge < -0.3 is 15.1 Å². The molecule has 1 heterocycles. The number of carbonyl (C=O) groups is 2. The predicted octanol–water partition coefficient (Wildman–Crippen LogP) is 5.71. The van der Waals surface area contributed by atoms with Gasteiger partial charge in [0.1, 0.15) is 0 Å². The molecular weight excluding hydrogens is 398 g/mol. The number of carbonyl (C=O) groups excluding carboxylic acids is 2. The molecule has 1 aliphatic carbocycles. The maximum atomic E-state index is 12.7. The van der Waals surface area contributed by atoms with Crippen molar-refractivity contribution in [3.63, 3.8) is 0 Å². The number of rotatable bonds is 8. The number of nitrogens with one attached hydrogen (secondary N) is 1. The molecule has 1 saturated heterocycles. The Morgan fingerprint density at radius 1 is 1.03 bits per heavy atom. The molecule has 1 aromatic carbocycles. The van der Waals surface area contributed by atoms with Crippen molar-refractivity contribution in [1.82, 2.24) is 4.90 Å². The summed E-state index contributed by atoms with van der Waals surface area (Å²) in [7, 11) is 0. The molecule has 0 unspecified atom stereocenters. The van der Waals surface area contributed by atoms with Crippen molar-refractivity contribution in [2.45, 2.75) is 79.1 Å². The molecule has 2 aliphatic rings. The molecule has 0 aromatic heterocycles. The minimum Gasteiger partial charge on any atom is -0.368 e. The second-order valence-corrected chi connectivity index (χ2v) is 11.2. The summed E-state index contributed by atoms with van der Waals surface area (Å²) in [6, 6.07) is 8.15. The van der Waals surface area contributed by atoms with E-state index in [0.29, 0.717) is 18.8 Å². The van der Waals surface area contributed by atoms with Gasteiger partial charge in [0.05, 0.1) is 0 Å². The third-order valence-electron chi connectivity index (χ3n) is 6.89. The summed E-state index contributed by atoms with van der Waals surface area (Å²) < 4.78 is 0. The van der Waals surface area contributed by atoms with Crippen molar-refractivity contribution >= 4 is 23.2 Å². The van der Waals surface area contributed by atoms with E-state index in [1.807, 2.05) is 17.0 Å². The second kappa shape index (κ2) is 11.2. The summed E-state index contributed by atoms with van der Waals surface area (Å²) in [6.07, 6.45) is 8.58. The highest BCUT2D eigenvalue weighted by Gasteiger charge is 2.24. The second-order valence-electron chi connectivity index (χ2n) is 11.2. The molecule has 1 saturated carbocycles. The third kappa shape index (κ3) is 7.83. The van der Waals surface area contributed by atoms with Gasteiger partial charge in [-0.1, -0.05) is 53.4 Å². The number of piperazine rings is 1. The SMILES string of the molecule is C[C@@H](CC(=O)N1CCN(c2ccc(NC(=O)CCC3CCCC3)cc2)CC1)CC(C)(C)C. The van der Waals surface area contributed by atoms with Crippen molar-refractivity contribution in [1.29, 1.82) is 0 Å². The molecular formula is C27H43N3O2. The molecule has 1 N–H and O–H groups in total. The topological polar surface area (TPSA) is 52.7 Å². The minimum absolute atomic E-state index is 0.123. The van der Waals surface area contributed by atoms with Crippen molar-refractivity contribution < 1.29 is 9.59 Å². The Bertz CT molecular complexity index is 739. The molecule has 5 heteroatoms. The van der Waals surface area contributed by atoms with E-state index >= 15 is 0 Å². The zero-order chi connectivity index (χ0) is 23.1. The lowest BCUT2D eigenvalue weighted by molar-refractivity contribution is -0.132. The van der Waals surface area contributed by atoms with Crippen LogP contribution in [-0.2, 0) is 9.59 Å². The Hall–Kier alpha value is -2.04. The number of amides is 2. The lowest BCUT2D eigenvalue weighted by Gasteiger charge is -2.37. The highest BCUT2D eigenvalue weighted by atomic mass is 16.2. The van der Waals surface area contributed by atoms with Gasteiger partial charge in [0.25, 0.3) is 0 Å². The average molecular weight is 442 g/mol. The summed E-state index contributed by atoms with van der Waals surface area (Å²) >= 11 is 0. The Morgan fingerprint density at radius 3 is 2.25 bits per heavy atom. The van der Waals surface area contributed by atoms with Crippen LogP contribution in [0, 0.1) is 17.3 Å². The lowest BCUT2D eigenvalue weighted by Crippen LogP contribution is -2.49. The highest BCUT2D eigenvalue weighted by molar-refractivity contribution is 5.90. The normalized spacial score (nSPS) is 18.6. The smallest absolute Gasteiger partial charge is 0.224 e. The molecule has 2 amide bonds. The molecule has 1 aliphatic heterocycles. The average Bonchev–Trinajstić information content (AvgIpc) is 3.25. The van der Waals surface area contributed by atoms with E-state index in [9.17, 15) is 9.59 Å². The Labute approximate surface area is 194 Å². The van der Waals surface area contributed by atoms with Crippen molar-refractivity contribution in [2.24, 2.45) is 17.3 Å². The Kier molecular flexibility index (Phi) is 8.61. The monoisotopic (exact) mass is 441 g/mol. The summed E-state index contributed by atoms with van der Waals surface area (Å²) in [5.74, 6) is 1.58. The van der Waals surface area contributed by atoms with Crippen LogP contribution in [0.15, 0.2) is 24.3 Å². The first-order valence-corrected chi connectivity index (χ1v) is 12.6. The van der Waals surface area contributed by atoms with E-state index in [4.69, 9.17) is 0 Å². The van der Waals surface area contributed by atoms with Crippen LogP contribution in [0.2, 0.25) is 0 Å². The molecule has 1 aromatic rings. The van der Waals surface area contributed by atoms with Crippen LogP contribution in [0.5, 0.6) is 0 Å². The lowest BCUT2D eigenvalue weighted by atomic mass is 9.84. The number of nitrogens with zero attached hydrogens (tertiary/aromatic N) is 2. The van der Waals surface area contributed by atoms with Gasteiger partial charge in [0.2, 0.25) is 11.8 Å². The van der Waals surface area contributed by atoms with Crippen LogP contribution in [0.4, 0.5) is 11.4 Å². The molecule has 1 atom stereocenters. The first-order valence-electron chi connectivity index (χ1n) is 12.6. The quantitative estimate of drug-likeness (QED) is 0.562. The highest BCUT2D eigenvalue weighted by Crippen LogP contribution is 2.29. The fourth-order valence-electron chi connectivity index (χ4n) is 5.37. The van der Waals surface area contributed by atoms with Crippen LogP contribution in [0.3, 0.4) is 0 Å². The zero-order valence-electron chi connectivity index (χ0n) is 20.7. The van der Waals surface area contributed by atoms with Gasteiger partial charge in [0.15, 0.2) is 0 Å². The van der Waals surface area contributed by atoms with E-state index < -0.39 is 0 Å². The van der Waals surface area contributed by atoms with Gasteiger partial charge in [-0.05, 0) is 54.4 Å². The molecule has 32 heavy (non-hydrogen) atoms. The van der Waals surface area contributed by atoms with Gasteiger partial charge in [-0.25, -0.2) is 0 Å². The third-order valence-corrected chi connectivity index (χ3v) is 6.89. The maximum absolute atomic E-state index is 12.7. The summed E-state index contributed by atoms with van der Waals surface area (Å²) in [6.45, 7) is 12.2. The van der Waals surface area contributed by atoms with E-state index in [2.05, 4.69) is 50.0 Å². The first-order chi connectivity index (χ1) is 15.2. The van der Waals surface area contributed by atoms with Crippen LogP contribution >= 0.6 is 0 Å². The maximum Gasteiger partial charge on any atom is 0.224 e. The fourth-order valence-corrected chi connectivity index (χ4v) is 5.37. The van der Waals surface area contributed by atoms with Crippen molar-refractivity contribution in [3.05, 3.63) is 24.3 Å². The molecule has 0 radical (unpaired) electrons. The molecule has 178 valence electrons. The fraction of sp³-hybridized carbons (Fsp3) is 0.704. The van der Waals surface area contributed by atoms with Gasteiger partial charge in [0, 0.05) is 50.4 Å². The van der Waals surface area contributed by atoms with Gasteiger partial charge in [-0.3, -0.25) is 9.59 Å². The van der Waals surface area contributed by atoms with Crippen LogP contribution in [-0.4, -0.2) is 42.9 Å². The van der Waals surface area contributed by atoms with Gasteiger partial charge >= 0.3 is 0 Å². The molecule has 0 spiro atoms. The van der Waals surface area contributed by atoms with Crippen LogP contribution in [0.25, 0.3) is 0 Å². The largest absolute Gasteiger partial charge is 0.368 e. The molecule has 2 fully saturated rings. The van der Waals surface area contributed by atoms with Gasteiger partial charge in [-0.15, -0.1) is 0 Å². The number of anilines is 2. The Morgan fingerprint density at radius 2 is 1.66 bits per heavy atom. The molecule has 3 rings (SSSR count). The number of hydrogen-bond acceptors (Lipinski definition) is 3. The number of benzene rings is 1. The van der Waals surface area contributed by atoms with E-state index in [0.717, 1.165) is 56.3 Å². The van der Waals surface area contributed by atoms with Crippen molar-refractivity contribution in [2.75, 3.05) is 36.4 Å². The van der Waals surface area contributed by atoms with E-state index in [1.54, 1.807) is 0 Å².